The molecule has 0 spiro atoms. The number of sulfonamides is 1. The van der Waals surface area contributed by atoms with Gasteiger partial charge in [-0.15, -0.1) is 0 Å². The largest absolute Gasteiger partial charge is 0.346 e. The van der Waals surface area contributed by atoms with Crippen LogP contribution in [-0.4, -0.2) is 31.7 Å². The van der Waals surface area contributed by atoms with Crippen LogP contribution in [0.4, 0.5) is 0 Å². The standard InChI is InChI=1S/C24H32N2O3S/c1-16-9-11-26(12-10-16)30(28,29)22-8-6-7-21(15-22)24(27)25-20(5)23-14-18(3)17(2)13-19(23)4/h6-8,13-16,20H,9-12H2,1-5H3,(H,25,27). The third-order valence-corrected chi connectivity index (χ3v) is 8.07. The van der Waals surface area contributed by atoms with Crippen molar-refractivity contribution in [2.45, 2.75) is 58.4 Å². The van der Waals surface area contributed by atoms with Gasteiger partial charge in [-0.25, -0.2) is 8.42 Å². The Bertz CT molecular complexity index is 1040. The molecule has 2 aromatic rings. The third kappa shape index (κ3) is 4.76. The number of hydrogen-bond acceptors (Lipinski definition) is 3. The maximum atomic E-state index is 13.0. The molecule has 1 saturated heterocycles. The van der Waals surface area contributed by atoms with Gasteiger partial charge in [-0.05, 0) is 86.9 Å². The zero-order chi connectivity index (χ0) is 22.1. The summed E-state index contributed by atoms with van der Waals surface area (Å²) >= 11 is 0. The number of carbonyl (C=O) groups is 1. The first-order valence-corrected chi connectivity index (χ1v) is 12.0. The molecule has 1 aliphatic heterocycles. The normalized spacial score (nSPS) is 17.0. The molecule has 6 heteroatoms. The zero-order valence-corrected chi connectivity index (χ0v) is 19.3. The van der Waals surface area contributed by atoms with Crippen molar-refractivity contribution in [3.8, 4) is 0 Å². The number of carbonyl (C=O) groups excluding carboxylic acids is 1. The van der Waals surface area contributed by atoms with E-state index in [1.807, 2.05) is 13.8 Å². The number of amides is 1. The van der Waals surface area contributed by atoms with Crippen LogP contribution in [0.25, 0.3) is 0 Å². The van der Waals surface area contributed by atoms with Gasteiger partial charge in [0.1, 0.15) is 0 Å². The van der Waals surface area contributed by atoms with Crippen LogP contribution < -0.4 is 5.32 Å². The molecule has 1 N–H and O–H groups in total. The van der Waals surface area contributed by atoms with Crippen LogP contribution in [0.3, 0.4) is 0 Å². The number of hydrogen-bond donors (Lipinski definition) is 1. The topological polar surface area (TPSA) is 66.5 Å². The van der Waals surface area contributed by atoms with Gasteiger partial charge in [0, 0.05) is 18.7 Å². The lowest BCUT2D eigenvalue weighted by Gasteiger charge is -2.29. The smallest absolute Gasteiger partial charge is 0.251 e. The lowest BCUT2D eigenvalue weighted by Crippen LogP contribution is -2.38. The molecule has 0 bridgehead atoms. The van der Waals surface area contributed by atoms with E-state index < -0.39 is 10.0 Å². The molecule has 1 fully saturated rings. The SMILES string of the molecule is Cc1cc(C)c(C(C)NC(=O)c2cccc(S(=O)(=O)N3CCC(C)CC3)c2)cc1C. The van der Waals surface area contributed by atoms with Gasteiger partial charge in [0.25, 0.3) is 5.91 Å². The summed E-state index contributed by atoms with van der Waals surface area (Å²) in [7, 11) is -3.59. The lowest BCUT2D eigenvalue weighted by atomic mass is 9.96. The predicted octanol–water partition coefficient (Wildman–Crippen LogP) is 4.52. The molecule has 3 rings (SSSR count). The highest BCUT2D eigenvalue weighted by atomic mass is 32.2. The summed E-state index contributed by atoms with van der Waals surface area (Å²) in [6.45, 7) is 11.3. The average molecular weight is 429 g/mol. The highest BCUT2D eigenvalue weighted by molar-refractivity contribution is 7.89. The molecule has 30 heavy (non-hydrogen) atoms. The number of aryl methyl sites for hydroxylation is 3. The molecule has 0 saturated carbocycles. The Kier molecular flexibility index (Phi) is 6.68. The highest BCUT2D eigenvalue weighted by Gasteiger charge is 2.28. The average Bonchev–Trinajstić information content (AvgIpc) is 2.71. The first-order chi connectivity index (χ1) is 14.1. The Morgan fingerprint density at radius 3 is 2.33 bits per heavy atom. The van der Waals surface area contributed by atoms with Crippen molar-refractivity contribution in [2.75, 3.05) is 13.1 Å². The number of rotatable bonds is 5. The van der Waals surface area contributed by atoms with Crippen molar-refractivity contribution in [1.82, 2.24) is 9.62 Å². The van der Waals surface area contributed by atoms with Crippen LogP contribution in [-0.2, 0) is 10.0 Å². The van der Waals surface area contributed by atoms with Crippen LogP contribution >= 0.6 is 0 Å². The molecule has 0 aliphatic carbocycles. The molecular formula is C24H32N2O3S. The molecule has 1 aliphatic rings. The first kappa shape index (κ1) is 22.5. The predicted molar refractivity (Wildman–Crippen MR) is 120 cm³/mol. The Morgan fingerprint density at radius 2 is 1.67 bits per heavy atom. The minimum absolute atomic E-state index is 0.180. The second-order valence-corrected chi connectivity index (χ2v) is 10.5. The maximum absolute atomic E-state index is 13.0. The molecule has 1 unspecified atom stereocenters. The van der Waals surface area contributed by atoms with Crippen LogP contribution in [0, 0.1) is 26.7 Å². The first-order valence-electron chi connectivity index (χ1n) is 10.6. The van der Waals surface area contributed by atoms with Crippen LogP contribution in [0.1, 0.15) is 65.3 Å². The monoisotopic (exact) mass is 428 g/mol. The molecule has 0 radical (unpaired) electrons. The van der Waals surface area contributed by atoms with Crippen molar-refractivity contribution in [3.63, 3.8) is 0 Å². The van der Waals surface area contributed by atoms with Gasteiger partial charge < -0.3 is 5.32 Å². The van der Waals surface area contributed by atoms with Gasteiger partial charge >= 0.3 is 0 Å². The molecule has 1 heterocycles. The van der Waals surface area contributed by atoms with Crippen LogP contribution in [0.2, 0.25) is 0 Å². The van der Waals surface area contributed by atoms with Gasteiger partial charge in [-0.3, -0.25) is 4.79 Å². The maximum Gasteiger partial charge on any atom is 0.251 e. The molecular weight excluding hydrogens is 396 g/mol. The van der Waals surface area contributed by atoms with Crippen molar-refractivity contribution in [1.29, 1.82) is 0 Å². The molecule has 0 aromatic heterocycles. The van der Waals surface area contributed by atoms with E-state index >= 15 is 0 Å². The second kappa shape index (κ2) is 8.90. The lowest BCUT2D eigenvalue weighted by molar-refractivity contribution is 0.0939. The fraction of sp³-hybridized carbons (Fsp3) is 0.458. The van der Waals surface area contributed by atoms with Gasteiger partial charge in [-0.1, -0.05) is 25.1 Å². The van der Waals surface area contributed by atoms with Gasteiger partial charge in [0.15, 0.2) is 0 Å². The summed E-state index contributed by atoms with van der Waals surface area (Å²) in [5, 5.41) is 3.02. The molecule has 1 atom stereocenters. The van der Waals surface area contributed by atoms with E-state index in [2.05, 4.69) is 38.2 Å². The van der Waals surface area contributed by atoms with E-state index in [0.29, 0.717) is 24.6 Å². The van der Waals surface area contributed by atoms with Crippen LogP contribution in [0.15, 0.2) is 41.3 Å². The Labute approximate surface area is 180 Å². The Hall–Kier alpha value is -2.18. The summed E-state index contributed by atoms with van der Waals surface area (Å²) in [5.74, 6) is 0.272. The summed E-state index contributed by atoms with van der Waals surface area (Å²) in [4.78, 5) is 13.1. The van der Waals surface area contributed by atoms with E-state index in [4.69, 9.17) is 0 Å². The summed E-state index contributed by atoms with van der Waals surface area (Å²) < 4.78 is 27.6. The van der Waals surface area contributed by atoms with Crippen LogP contribution in [0.5, 0.6) is 0 Å². The van der Waals surface area contributed by atoms with Gasteiger partial charge in [-0.2, -0.15) is 4.31 Å². The van der Waals surface area contributed by atoms with Gasteiger partial charge in [0.2, 0.25) is 10.0 Å². The van der Waals surface area contributed by atoms with Crippen molar-refractivity contribution in [2.24, 2.45) is 5.92 Å². The van der Waals surface area contributed by atoms with Crippen molar-refractivity contribution >= 4 is 15.9 Å². The zero-order valence-electron chi connectivity index (χ0n) is 18.5. The highest BCUT2D eigenvalue weighted by Crippen LogP contribution is 2.25. The summed E-state index contributed by atoms with van der Waals surface area (Å²) in [6, 6.07) is 10.4. The van der Waals surface area contributed by atoms with Crippen molar-refractivity contribution in [3.05, 3.63) is 64.2 Å². The minimum atomic E-state index is -3.59. The summed E-state index contributed by atoms with van der Waals surface area (Å²) in [6.07, 6.45) is 1.73. The molecule has 162 valence electrons. The Morgan fingerprint density at radius 1 is 1.03 bits per heavy atom. The fourth-order valence-electron chi connectivity index (χ4n) is 3.98. The molecule has 5 nitrogen and oxygen atoms in total. The number of nitrogens with one attached hydrogen (secondary N) is 1. The number of piperidine rings is 1. The van der Waals surface area contributed by atoms with E-state index in [1.165, 1.54) is 21.5 Å². The quantitative estimate of drug-likeness (QED) is 0.761. The minimum Gasteiger partial charge on any atom is -0.346 e. The molecule has 2 aromatic carbocycles. The van der Waals surface area contributed by atoms with E-state index in [1.54, 1.807) is 18.2 Å². The van der Waals surface area contributed by atoms with Crippen molar-refractivity contribution < 1.29 is 13.2 Å². The summed E-state index contributed by atoms with van der Waals surface area (Å²) in [5.41, 5.74) is 4.95. The number of nitrogens with zero attached hydrogens (tertiary/aromatic N) is 1. The third-order valence-electron chi connectivity index (χ3n) is 6.17. The van der Waals surface area contributed by atoms with E-state index in [0.717, 1.165) is 24.0 Å². The Balaban J connectivity index is 1.78. The second-order valence-electron chi connectivity index (χ2n) is 8.60. The van der Waals surface area contributed by atoms with E-state index in [9.17, 15) is 13.2 Å². The fourth-order valence-corrected chi connectivity index (χ4v) is 5.50. The number of benzene rings is 2. The molecule has 1 amide bonds. The van der Waals surface area contributed by atoms with E-state index in [-0.39, 0.29) is 16.8 Å². The van der Waals surface area contributed by atoms with Gasteiger partial charge in [0.05, 0.1) is 10.9 Å².